The molecule has 0 aromatic carbocycles. The topological polar surface area (TPSA) is 62.6 Å². The Morgan fingerprint density at radius 3 is 2.61 bits per heavy atom. The summed E-state index contributed by atoms with van der Waals surface area (Å²) in [6.07, 6.45) is 0.513. The molecule has 23 heavy (non-hydrogen) atoms. The number of carbonyl (C=O) groups is 1. The highest BCUT2D eigenvalue weighted by Crippen LogP contribution is 2.23. The summed E-state index contributed by atoms with van der Waals surface area (Å²) in [7, 11) is 5.55. The molecule has 1 aromatic rings. The van der Waals surface area contributed by atoms with Crippen molar-refractivity contribution in [1.29, 1.82) is 0 Å². The van der Waals surface area contributed by atoms with Crippen molar-refractivity contribution in [2.75, 3.05) is 51.8 Å². The highest BCUT2D eigenvalue weighted by atomic mass is 35.5. The summed E-state index contributed by atoms with van der Waals surface area (Å²) in [6, 6.07) is 0. The van der Waals surface area contributed by atoms with Gasteiger partial charge in [-0.1, -0.05) is 0 Å². The molecule has 0 unspecified atom stereocenters. The van der Waals surface area contributed by atoms with Crippen LogP contribution in [0.25, 0.3) is 0 Å². The number of anilines is 1. The van der Waals surface area contributed by atoms with Gasteiger partial charge < -0.3 is 19.9 Å². The van der Waals surface area contributed by atoms with Crippen molar-refractivity contribution in [3.8, 4) is 0 Å². The lowest BCUT2D eigenvalue weighted by atomic mass is 10.2. The molecule has 0 radical (unpaired) electrons. The first kappa shape index (κ1) is 19.7. The van der Waals surface area contributed by atoms with Crippen molar-refractivity contribution in [2.24, 2.45) is 7.05 Å². The largest absolute Gasteiger partial charge is 0.378 e. The number of amides is 1. The van der Waals surface area contributed by atoms with Gasteiger partial charge in [-0.05, 0) is 6.92 Å². The van der Waals surface area contributed by atoms with Gasteiger partial charge >= 0.3 is 0 Å². The van der Waals surface area contributed by atoms with Crippen LogP contribution in [0.5, 0.6) is 0 Å². The van der Waals surface area contributed by atoms with E-state index in [-0.39, 0.29) is 18.3 Å². The third kappa shape index (κ3) is 5.09. The van der Waals surface area contributed by atoms with Crippen molar-refractivity contribution in [2.45, 2.75) is 19.9 Å². The summed E-state index contributed by atoms with van der Waals surface area (Å²) in [5, 5.41) is 7.91. The highest BCUT2D eigenvalue weighted by Gasteiger charge is 2.21. The maximum absolute atomic E-state index is 11.6. The van der Waals surface area contributed by atoms with E-state index in [1.807, 2.05) is 18.7 Å². The van der Waals surface area contributed by atoms with E-state index in [9.17, 15) is 4.79 Å². The third-order valence-corrected chi connectivity index (χ3v) is 3.94. The van der Waals surface area contributed by atoms with Crippen LogP contribution in [0, 0.1) is 6.92 Å². The van der Waals surface area contributed by atoms with Gasteiger partial charge in [-0.25, -0.2) is 0 Å². The average molecular weight is 346 g/mol. The predicted molar refractivity (Wildman–Crippen MR) is 93.2 cm³/mol. The molecular weight excluding hydrogens is 318 g/mol. The number of rotatable bonds is 6. The summed E-state index contributed by atoms with van der Waals surface area (Å²) in [4.78, 5) is 15.5. The predicted octanol–water partition coefficient (Wildman–Crippen LogP) is 0.555. The molecule has 1 N–H and O–H groups in total. The van der Waals surface area contributed by atoms with E-state index in [2.05, 4.69) is 15.3 Å². The van der Waals surface area contributed by atoms with E-state index in [1.54, 1.807) is 19.0 Å². The smallest absolute Gasteiger partial charge is 0.223 e. The van der Waals surface area contributed by atoms with Gasteiger partial charge in [0.05, 0.1) is 18.9 Å². The molecule has 8 heteroatoms. The maximum Gasteiger partial charge on any atom is 0.223 e. The molecule has 2 heterocycles. The number of carbonyl (C=O) groups excluding carboxylic acids is 1. The Labute approximate surface area is 144 Å². The average Bonchev–Trinajstić information content (AvgIpc) is 2.78. The summed E-state index contributed by atoms with van der Waals surface area (Å²) in [5.74, 6) is 1.30. The van der Waals surface area contributed by atoms with Crippen molar-refractivity contribution in [1.82, 2.24) is 20.0 Å². The van der Waals surface area contributed by atoms with Gasteiger partial charge in [0, 0.05) is 59.3 Å². The Morgan fingerprint density at radius 1 is 1.35 bits per heavy atom. The number of halogens is 1. The Kier molecular flexibility index (Phi) is 7.81. The number of aryl methyl sites for hydroxylation is 2. The van der Waals surface area contributed by atoms with Gasteiger partial charge in [-0.3, -0.25) is 9.48 Å². The molecule has 0 atom stereocenters. The Balaban J connectivity index is 0.00000264. The van der Waals surface area contributed by atoms with E-state index in [1.165, 1.54) is 5.56 Å². The van der Waals surface area contributed by atoms with E-state index in [0.717, 1.165) is 44.4 Å². The number of morpholine rings is 1. The molecule has 0 saturated carbocycles. The zero-order chi connectivity index (χ0) is 16.1. The zero-order valence-electron chi connectivity index (χ0n) is 14.5. The Hall–Kier alpha value is -1.31. The Bertz CT molecular complexity index is 512. The van der Waals surface area contributed by atoms with E-state index in [0.29, 0.717) is 13.0 Å². The normalized spacial score (nSPS) is 14.5. The molecule has 0 bridgehead atoms. The minimum atomic E-state index is 0. The SMILES string of the molecule is Cc1nn(C)c(N2CCOCC2)c1CNCCC(=O)N(C)C.Cl. The number of nitrogens with zero attached hydrogens (tertiary/aromatic N) is 4. The van der Waals surface area contributed by atoms with Crippen LogP contribution in [-0.4, -0.2) is 67.5 Å². The molecule has 0 aliphatic carbocycles. The van der Waals surface area contributed by atoms with Crippen LogP contribution in [-0.2, 0) is 23.1 Å². The molecule has 1 fully saturated rings. The van der Waals surface area contributed by atoms with Crippen LogP contribution in [0.4, 0.5) is 5.82 Å². The number of nitrogens with one attached hydrogen (secondary N) is 1. The second-order valence-corrected chi connectivity index (χ2v) is 5.83. The molecule has 7 nitrogen and oxygen atoms in total. The van der Waals surface area contributed by atoms with E-state index in [4.69, 9.17) is 4.74 Å². The molecule has 1 aromatic heterocycles. The Morgan fingerprint density at radius 2 is 2.00 bits per heavy atom. The minimum Gasteiger partial charge on any atom is -0.378 e. The molecule has 0 spiro atoms. The maximum atomic E-state index is 11.6. The number of hydrogen-bond acceptors (Lipinski definition) is 5. The number of hydrogen-bond donors (Lipinski definition) is 1. The van der Waals surface area contributed by atoms with Crippen LogP contribution in [0.15, 0.2) is 0 Å². The van der Waals surface area contributed by atoms with E-state index < -0.39 is 0 Å². The number of ether oxygens (including phenoxy) is 1. The lowest BCUT2D eigenvalue weighted by Gasteiger charge is -2.29. The van der Waals surface area contributed by atoms with Crippen molar-refractivity contribution < 1.29 is 9.53 Å². The lowest BCUT2D eigenvalue weighted by molar-refractivity contribution is -0.128. The van der Waals surface area contributed by atoms with Gasteiger partial charge in [-0.2, -0.15) is 5.10 Å². The number of aromatic nitrogens is 2. The standard InChI is InChI=1S/C15H27N5O2.ClH/c1-12-13(11-16-6-5-14(21)18(2)3)15(19(4)17-12)20-7-9-22-10-8-20;/h16H,5-11H2,1-4H3;1H. The lowest BCUT2D eigenvalue weighted by Crippen LogP contribution is -2.38. The van der Waals surface area contributed by atoms with Gasteiger partial charge in [-0.15, -0.1) is 12.4 Å². The first-order chi connectivity index (χ1) is 10.5. The summed E-state index contributed by atoms with van der Waals surface area (Å²) >= 11 is 0. The summed E-state index contributed by atoms with van der Waals surface area (Å²) < 4.78 is 7.37. The molecule has 1 aliphatic heterocycles. The van der Waals surface area contributed by atoms with Crippen LogP contribution in [0.3, 0.4) is 0 Å². The molecule has 1 aliphatic rings. The molecular formula is C15H28ClN5O2. The van der Waals surface area contributed by atoms with Gasteiger partial charge in [0.25, 0.3) is 0 Å². The highest BCUT2D eigenvalue weighted by molar-refractivity contribution is 5.85. The zero-order valence-corrected chi connectivity index (χ0v) is 15.3. The summed E-state index contributed by atoms with van der Waals surface area (Å²) in [6.45, 7) is 6.74. The molecule has 2 rings (SSSR count). The quantitative estimate of drug-likeness (QED) is 0.763. The molecule has 1 saturated heterocycles. The van der Waals surface area contributed by atoms with Crippen LogP contribution in [0.1, 0.15) is 17.7 Å². The second kappa shape index (κ2) is 9.10. The van der Waals surface area contributed by atoms with Crippen molar-refractivity contribution >= 4 is 24.1 Å². The second-order valence-electron chi connectivity index (χ2n) is 5.83. The van der Waals surface area contributed by atoms with Gasteiger partial charge in [0.15, 0.2) is 0 Å². The fraction of sp³-hybridized carbons (Fsp3) is 0.733. The van der Waals surface area contributed by atoms with Crippen LogP contribution >= 0.6 is 12.4 Å². The van der Waals surface area contributed by atoms with Crippen LogP contribution in [0.2, 0.25) is 0 Å². The first-order valence-corrected chi connectivity index (χ1v) is 7.76. The third-order valence-electron chi connectivity index (χ3n) is 3.94. The van der Waals surface area contributed by atoms with Crippen molar-refractivity contribution in [3.05, 3.63) is 11.3 Å². The molecule has 1 amide bonds. The fourth-order valence-electron chi connectivity index (χ4n) is 2.70. The summed E-state index contributed by atoms with van der Waals surface area (Å²) in [5.41, 5.74) is 2.25. The van der Waals surface area contributed by atoms with Crippen LogP contribution < -0.4 is 10.2 Å². The van der Waals surface area contributed by atoms with Gasteiger partial charge in [0.1, 0.15) is 5.82 Å². The first-order valence-electron chi connectivity index (χ1n) is 7.76. The van der Waals surface area contributed by atoms with Gasteiger partial charge in [0.2, 0.25) is 5.91 Å². The fourth-order valence-corrected chi connectivity index (χ4v) is 2.70. The van der Waals surface area contributed by atoms with E-state index >= 15 is 0 Å². The minimum absolute atomic E-state index is 0. The molecule has 132 valence electrons. The van der Waals surface area contributed by atoms with Crippen molar-refractivity contribution in [3.63, 3.8) is 0 Å². The monoisotopic (exact) mass is 345 g/mol.